The maximum Gasteiger partial charge on any atom is 0.0691 e. The number of fused-ring (bicyclic) bond motifs is 1. The lowest BCUT2D eigenvalue weighted by Crippen LogP contribution is -2.78. The number of rotatable bonds is 2. The predicted octanol–water partition coefficient (Wildman–Crippen LogP) is 2.11. The Bertz CT molecular complexity index is 347. The van der Waals surface area contributed by atoms with E-state index in [2.05, 4.69) is 32.6 Å². The van der Waals surface area contributed by atoms with Crippen LogP contribution in [-0.2, 0) is 4.74 Å². The van der Waals surface area contributed by atoms with E-state index in [4.69, 9.17) is 10.5 Å². The molecule has 3 heteroatoms. The molecular formula is C16H30N2O. The number of piperidine rings is 1. The Morgan fingerprint density at radius 1 is 1.21 bits per heavy atom. The lowest BCUT2D eigenvalue weighted by atomic mass is 9.48. The molecule has 0 aromatic heterocycles. The molecule has 2 N–H and O–H groups in total. The molecular weight excluding hydrogens is 236 g/mol. The summed E-state index contributed by atoms with van der Waals surface area (Å²) in [4.78, 5) is 2.62. The van der Waals surface area contributed by atoms with E-state index in [-0.39, 0.29) is 11.0 Å². The summed E-state index contributed by atoms with van der Waals surface area (Å²) in [5.74, 6) is 2.20. The molecule has 0 aromatic carbocycles. The minimum absolute atomic E-state index is 0.0506. The fraction of sp³-hybridized carbons (Fsp3) is 1.00. The van der Waals surface area contributed by atoms with Crippen LogP contribution in [0.15, 0.2) is 0 Å². The Morgan fingerprint density at radius 2 is 1.84 bits per heavy atom. The highest BCUT2D eigenvalue weighted by molar-refractivity contribution is 5.21. The fourth-order valence-corrected chi connectivity index (χ4v) is 5.09. The molecule has 2 saturated heterocycles. The van der Waals surface area contributed by atoms with Gasteiger partial charge in [0.2, 0.25) is 0 Å². The summed E-state index contributed by atoms with van der Waals surface area (Å²) >= 11 is 0. The summed E-state index contributed by atoms with van der Waals surface area (Å²) in [7, 11) is 0. The van der Waals surface area contributed by atoms with Crippen molar-refractivity contribution in [3.63, 3.8) is 0 Å². The number of likely N-dealkylation sites (tertiary alicyclic amines) is 1. The zero-order chi connectivity index (χ0) is 13.8. The quantitative estimate of drug-likeness (QED) is 0.832. The molecule has 3 nitrogen and oxygen atoms in total. The van der Waals surface area contributed by atoms with Crippen molar-refractivity contribution in [3.05, 3.63) is 0 Å². The number of nitrogens with zero attached hydrogens (tertiary/aromatic N) is 1. The first-order chi connectivity index (χ1) is 8.84. The number of nitrogens with two attached hydrogens (primary N) is 1. The topological polar surface area (TPSA) is 38.5 Å². The largest absolute Gasteiger partial charge is 0.377 e. The maximum absolute atomic E-state index is 6.87. The summed E-state index contributed by atoms with van der Waals surface area (Å²) in [5.41, 5.74) is 6.94. The van der Waals surface area contributed by atoms with Gasteiger partial charge in [0.1, 0.15) is 0 Å². The smallest absolute Gasteiger partial charge is 0.0691 e. The highest BCUT2D eigenvalue weighted by Gasteiger charge is 2.67. The zero-order valence-electron chi connectivity index (χ0n) is 13.0. The molecule has 2 heterocycles. The second-order valence-electron chi connectivity index (χ2n) is 8.09. The Labute approximate surface area is 117 Å². The van der Waals surface area contributed by atoms with Gasteiger partial charge in [-0.05, 0) is 24.7 Å². The van der Waals surface area contributed by atoms with Gasteiger partial charge in [-0.15, -0.1) is 0 Å². The van der Waals surface area contributed by atoms with Crippen molar-refractivity contribution in [2.24, 2.45) is 28.9 Å². The van der Waals surface area contributed by atoms with Gasteiger partial charge in [-0.3, -0.25) is 0 Å². The standard InChI is InChI=1S/C16H30N2O/c1-11-7-12(2)9-18(8-11)10-16(17)13-5-6-19-14(13)15(16,3)4/h11-14H,5-10,17H2,1-4H3. The Hall–Kier alpha value is -0.120. The minimum Gasteiger partial charge on any atom is -0.377 e. The van der Waals surface area contributed by atoms with E-state index in [9.17, 15) is 0 Å². The van der Waals surface area contributed by atoms with Crippen LogP contribution >= 0.6 is 0 Å². The van der Waals surface area contributed by atoms with Crippen molar-refractivity contribution >= 4 is 0 Å². The van der Waals surface area contributed by atoms with Crippen LogP contribution in [0.1, 0.15) is 40.5 Å². The van der Waals surface area contributed by atoms with Gasteiger partial charge >= 0.3 is 0 Å². The van der Waals surface area contributed by atoms with Crippen LogP contribution in [-0.4, -0.2) is 42.8 Å². The predicted molar refractivity (Wildman–Crippen MR) is 77.9 cm³/mol. The summed E-state index contributed by atoms with van der Waals surface area (Å²) < 4.78 is 5.90. The fourth-order valence-electron chi connectivity index (χ4n) is 5.09. The summed E-state index contributed by atoms with van der Waals surface area (Å²) in [5, 5.41) is 0. The highest BCUT2D eigenvalue weighted by atomic mass is 16.5. The van der Waals surface area contributed by atoms with Crippen molar-refractivity contribution in [1.29, 1.82) is 0 Å². The molecule has 0 spiro atoms. The molecule has 3 fully saturated rings. The van der Waals surface area contributed by atoms with Crippen molar-refractivity contribution in [2.45, 2.75) is 52.2 Å². The second kappa shape index (κ2) is 4.44. The molecule has 0 aromatic rings. The summed E-state index contributed by atoms with van der Waals surface area (Å²) in [6.07, 6.45) is 2.92. The van der Waals surface area contributed by atoms with E-state index >= 15 is 0 Å². The molecule has 5 unspecified atom stereocenters. The number of ether oxygens (including phenoxy) is 1. The normalized spacial score (nSPS) is 49.7. The van der Waals surface area contributed by atoms with Crippen molar-refractivity contribution in [2.75, 3.05) is 26.2 Å². The Morgan fingerprint density at radius 3 is 2.47 bits per heavy atom. The van der Waals surface area contributed by atoms with Crippen LogP contribution in [0.3, 0.4) is 0 Å². The molecule has 3 aliphatic rings. The molecule has 3 rings (SSSR count). The molecule has 1 saturated carbocycles. The van der Waals surface area contributed by atoms with Gasteiger partial charge in [0.25, 0.3) is 0 Å². The molecule has 2 aliphatic heterocycles. The third kappa shape index (κ3) is 1.97. The lowest BCUT2D eigenvalue weighted by molar-refractivity contribution is -0.165. The van der Waals surface area contributed by atoms with E-state index in [0.717, 1.165) is 31.4 Å². The van der Waals surface area contributed by atoms with E-state index < -0.39 is 0 Å². The summed E-state index contributed by atoms with van der Waals surface area (Å²) in [6, 6.07) is 0. The lowest BCUT2D eigenvalue weighted by Gasteiger charge is -2.64. The Kier molecular flexibility index (Phi) is 3.23. The van der Waals surface area contributed by atoms with E-state index in [1.807, 2.05) is 0 Å². The van der Waals surface area contributed by atoms with Gasteiger partial charge in [-0.25, -0.2) is 0 Å². The Balaban J connectivity index is 1.71. The average Bonchev–Trinajstić information content (AvgIpc) is 2.74. The minimum atomic E-state index is -0.0506. The van der Waals surface area contributed by atoms with Gasteiger partial charge in [-0.1, -0.05) is 27.7 Å². The van der Waals surface area contributed by atoms with E-state index in [0.29, 0.717) is 12.0 Å². The van der Waals surface area contributed by atoms with Crippen LogP contribution < -0.4 is 5.73 Å². The van der Waals surface area contributed by atoms with Gasteiger partial charge in [0, 0.05) is 43.1 Å². The number of hydrogen-bond acceptors (Lipinski definition) is 3. The third-order valence-corrected chi connectivity index (χ3v) is 6.09. The zero-order valence-corrected chi connectivity index (χ0v) is 13.0. The number of hydrogen-bond donors (Lipinski definition) is 1. The monoisotopic (exact) mass is 266 g/mol. The van der Waals surface area contributed by atoms with Crippen LogP contribution in [0.4, 0.5) is 0 Å². The van der Waals surface area contributed by atoms with E-state index in [1.165, 1.54) is 19.5 Å². The molecule has 0 bridgehead atoms. The first-order valence-electron chi connectivity index (χ1n) is 7.97. The molecule has 19 heavy (non-hydrogen) atoms. The van der Waals surface area contributed by atoms with Crippen molar-refractivity contribution in [3.8, 4) is 0 Å². The molecule has 0 radical (unpaired) electrons. The van der Waals surface area contributed by atoms with E-state index in [1.54, 1.807) is 0 Å². The van der Waals surface area contributed by atoms with Gasteiger partial charge in [0.15, 0.2) is 0 Å². The van der Waals surface area contributed by atoms with Gasteiger partial charge in [-0.2, -0.15) is 0 Å². The first kappa shape index (κ1) is 13.8. The molecule has 0 amide bonds. The van der Waals surface area contributed by atoms with Crippen LogP contribution in [0.5, 0.6) is 0 Å². The van der Waals surface area contributed by atoms with Crippen molar-refractivity contribution < 1.29 is 4.74 Å². The van der Waals surface area contributed by atoms with Gasteiger partial charge in [0.05, 0.1) is 6.10 Å². The maximum atomic E-state index is 6.87. The first-order valence-corrected chi connectivity index (χ1v) is 7.97. The van der Waals surface area contributed by atoms with Gasteiger partial charge < -0.3 is 15.4 Å². The SMILES string of the molecule is CC1CC(C)CN(CC2(N)C3CCOC3C2(C)C)C1. The van der Waals surface area contributed by atoms with Crippen molar-refractivity contribution in [1.82, 2.24) is 4.90 Å². The van der Waals surface area contributed by atoms with Crippen LogP contribution in [0.2, 0.25) is 0 Å². The van der Waals surface area contributed by atoms with Crippen LogP contribution in [0.25, 0.3) is 0 Å². The average molecular weight is 266 g/mol. The van der Waals surface area contributed by atoms with Crippen LogP contribution in [0, 0.1) is 23.2 Å². The third-order valence-electron chi connectivity index (χ3n) is 6.09. The highest BCUT2D eigenvalue weighted by Crippen LogP contribution is 2.58. The molecule has 1 aliphatic carbocycles. The second-order valence-corrected chi connectivity index (χ2v) is 8.09. The summed E-state index contributed by atoms with van der Waals surface area (Å²) in [6.45, 7) is 13.8. The molecule has 5 atom stereocenters. The molecule has 110 valence electrons.